The number of hydrogen-bond donors (Lipinski definition) is 1. The van der Waals surface area contributed by atoms with Crippen LogP contribution in [0.5, 0.6) is 0 Å². The second-order valence-electron chi connectivity index (χ2n) is 4.84. The van der Waals surface area contributed by atoms with Crippen LogP contribution < -0.4 is 5.56 Å². The van der Waals surface area contributed by atoms with Gasteiger partial charge in [0.2, 0.25) is 0 Å². The second kappa shape index (κ2) is 6.67. The Morgan fingerprint density at radius 2 is 1.91 bits per heavy atom. The van der Waals surface area contributed by atoms with Gasteiger partial charge in [-0.25, -0.2) is 0 Å². The van der Waals surface area contributed by atoms with Crippen LogP contribution in [0, 0.1) is 11.3 Å². The van der Waals surface area contributed by atoms with Crippen molar-refractivity contribution in [2.45, 2.75) is 10.8 Å². The van der Waals surface area contributed by atoms with E-state index in [9.17, 15) is 4.79 Å². The lowest BCUT2D eigenvalue weighted by atomic mass is 10.1. The van der Waals surface area contributed by atoms with E-state index in [4.69, 9.17) is 28.5 Å². The number of aromatic amines is 1. The largest absolute Gasteiger partial charge is 0.315 e. The summed E-state index contributed by atoms with van der Waals surface area (Å²) in [6.07, 6.45) is 0. The van der Waals surface area contributed by atoms with E-state index in [0.717, 1.165) is 10.9 Å². The molecule has 1 heterocycles. The highest BCUT2D eigenvalue weighted by Crippen LogP contribution is 2.32. The smallest absolute Gasteiger partial charge is 0.268 e. The highest BCUT2D eigenvalue weighted by atomic mass is 35.5. The summed E-state index contributed by atoms with van der Waals surface area (Å²) in [6.45, 7) is 0. The number of nitriles is 1. The first-order chi connectivity index (χ1) is 11.1. The lowest BCUT2D eigenvalue weighted by Gasteiger charge is -2.09. The number of fused-ring (bicyclic) bond motifs is 1. The molecule has 0 radical (unpaired) electrons. The van der Waals surface area contributed by atoms with Crippen molar-refractivity contribution in [1.82, 2.24) is 4.98 Å². The van der Waals surface area contributed by atoms with Crippen molar-refractivity contribution in [2.75, 3.05) is 0 Å². The number of thioether (sulfide) groups is 1. The summed E-state index contributed by atoms with van der Waals surface area (Å²) in [4.78, 5) is 14.8. The summed E-state index contributed by atoms with van der Waals surface area (Å²) in [6, 6.07) is 14.8. The van der Waals surface area contributed by atoms with E-state index in [1.165, 1.54) is 11.8 Å². The number of aromatic nitrogens is 1. The second-order valence-corrected chi connectivity index (χ2v) is 6.64. The van der Waals surface area contributed by atoms with Gasteiger partial charge in [-0.05, 0) is 23.8 Å². The number of H-pyrrole nitrogens is 1. The van der Waals surface area contributed by atoms with E-state index in [-0.39, 0.29) is 10.6 Å². The van der Waals surface area contributed by atoms with E-state index < -0.39 is 0 Å². The van der Waals surface area contributed by atoms with Gasteiger partial charge in [-0.1, -0.05) is 47.5 Å². The third-order valence-corrected chi connectivity index (χ3v) is 5.08. The van der Waals surface area contributed by atoms with E-state index in [2.05, 4.69) is 11.1 Å². The summed E-state index contributed by atoms with van der Waals surface area (Å²) in [5.41, 5.74) is 1.20. The van der Waals surface area contributed by atoms with Crippen LogP contribution in [0.1, 0.15) is 11.1 Å². The minimum absolute atomic E-state index is 0.151. The first kappa shape index (κ1) is 15.9. The maximum Gasteiger partial charge on any atom is 0.268 e. The van der Waals surface area contributed by atoms with Crippen molar-refractivity contribution in [2.24, 2.45) is 0 Å². The van der Waals surface area contributed by atoms with Crippen LogP contribution in [-0.4, -0.2) is 4.98 Å². The molecule has 3 nitrogen and oxygen atoms in total. The predicted octanol–water partition coefficient (Wildman–Crippen LogP) is 5.00. The zero-order valence-electron chi connectivity index (χ0n) is 11.8. The fourth-order valence-electron chi connectivity index (χ4n) is 2.26. The number of rotatable bonds is 3. The van der Waals surface area contributed by atoms with Gasteiger partial charge in [0.25, 0.3) is 5.56 Å². The number of benzene rings is 2. The van der Waals surface area contributed by atoms with Crippen LogP contribution in [0.2, 0.25) is 10.0 Å². The van der Waals surface area contributed by atoms with E-state index in [0.29, 0.717) is 26.8 Å². The van der Waals surface area contributed by atoms with Crippen molar-refractivity contribution >= 4 is 45.7 Å². The lowest BCUT2D eigenvalue weighted by Crippen LogP contribution is -2.08. The van der Waals surface area contributed by atoms with Gasteiger partial charge in [-0.15, -0.1) is 11.8 Å². The number of halogens is 2. The Kier molecular flexibility index (Phi) is 4.63. The average molecular weight is 361 g/mol. The Balaban J connectivity index is 2.04. The van der Waals surface area contributed by atoms with Crippen LogP contribution in [0.4, 0.5) is 0 Å². The molecule has 0 fully saturated rings. The maximum absolute atomic E-state index is 12.0. The number of nitrogens with zero attached hydrogens (tertiary/aromatic N) is 1. The molecule has 0 saturated heterocycles. The highest BCUT2D eigenvalue weighted by Gasteiger charge is 2.11. The topological polar surface area (TPSA) is 56.6 Å². The van der Waals surface area contributed by atoms with Crippen LogP contribution in [0.25, 0.3) is 10.8 Å². The minimum Gasteiger partial charge on any atom is -0.315 e. The molecular weight excluding hydrogens is 351 g/mol. The molecule has 0 atom stereocenters. The van der Waals surface area contributed by atoms with Crippen molar-refractivity contribution in [3.63, 3.8) is 0 Å². The molecule has 0 amide bonds. The zero-order valence-corrected chi connectivity index (χ0v) is 14.1. The minimum atomic E-state index is -0.336. The number of pyridine rings is 1. The van der Waals surface area contributed by atoms with Gasteiger partial charge in [0, 0.05) is 21.5 Å². The summed E-state index contributed by atoms with van der Waals surface area (Å²) >= 11 is 13.6. The Morgan fingerprint density at radius 3 is 2.70 bits per heavy atom. The van der Waals surface area contributed by atoms with Gasteiger partial charge in [0.1, 0.15) is 5.02 Å². The molecule has 0 unspecified atom stereocenters. The van der Waals surface area contributed by atoms with Crippen LogP contribution >= 0.6 is 35.0 Å². The van der Waals surface area contributed by atoms with Crippen LogP contribution in [-0.2, 0) is 5.75 Å². The van der Waals surface area contributed by atoms with Crippen LogP contribution in [0.15, 0.2) is 52.3 Å². The molecule has 114 valence electrons. The quantitative estimate of drug-likeness (QED) is 0.668. The summed E-state index contributed by atoms with van der Waals surface area (Å²) in [5, 5.41) is 12.0. The molecule has 0 saturated carbocycles. The monoisotopic (exact) mass is 360 g/mol. The Hall–Kier alpha value is -1.93. The summed E-state index contributed by atoms with van der Waals surface area (Å²) in [5.74, 6) is 0.558. The Labute approximate surface area is 146 Å². The molecule has 1 aromatic heterocycles. The average Bonchev–Trinajstić information content (AvgIpc) is 2.57. The summed E-state index contributed by atoms with van der Waals surface area (Å²) in [7, 11) is 0. The molecule has 1 N–H and O–H groups in total. The molecule has 0 spiro atoms. The molecule has 6 heteroatoms. The normalized spacial score (nSPS) is 10.7. The third kappa shape index (κ3) is 3.23. The molecular formula is C17H10Cl2N2OS. The molecule has 23 heavy (non-hydrogen) atoms. The Morgan fingerprint density at radius 1 is 1.13 bits per heavy atom. The fraction of sp³-hybridized carbons (Fsp3) is 0.0588. The van der Waals surface area contributed by atoms with E-state index >= 15 is 0 Å². The highest BCUT2D eigenvalue weighted by molar-refractivity contribution is 7.98. The zero-order chi connectivity index (χ0) is 16.4. The van der Waals surface area contributed by atoms with E-state index in [1.54, 1.807) is 24.3 Å². The van der Waals surface area contributed by atoms with E-state index in [1.807, 2.05) is 18.2 Å². The number of nitrogens with one attached hydrogen (secondary N) is 1. The first-order valence-electron chi connectivity index (χ1n) is 6.72. The maximum atomic E-state index is 12.0. The third-order valence-electron chi connectivity index (χ3n) is 3.40. The molecule has 0 aliphatic heterocycles. The molecule has 0 aliphatic rings. The fourth-order valence-corrected chi connectivity index (χ4v) is 3.69. The molecule has 0 aliphatic carbocycles. The SMILES string of the molecule is N#Cc1ccccc1CSc1[nH]c(=O)c(Cl)c2ccc(Cl)cc12. The van der Waals surface area contributed by atoms with Crippen LogP contribution in [0.3, 0.4) is 0 Å². The van der Waals surface area contributed by atoms with Crippen molar-refractivity contribution < 1.29 is 0 Å². The Bertz CT molecular complexity index is 992. The van der Waals surface area contributed by atoms with Gasteiger partial charge in [-0.2, -0.15) is 5.26 Å². The van der Waals surface area contributed by atoms with Crippen molar-refractivity contribution in [3.8, 4) is 6.07 Å². The molecule has 0 bridgehead atoms. The van der Waals surface area contributed by atoms with Gasteiger partial charge in [-0.3, -0.25) is 4.79 Å². The van der Waals surface area contributed by atoms with Gasteiger partial charge in [0.15, 0.2) is 0 Å². The van der Waals surface area contributed by atoms with Gasteiger partial charge >= 0.3 is 0 Å². The summed E-state index contributed by atoms with van der Waals surface area (Å²) < 4.78 is 0. The van der Waals surface area contributed by atoms with Gasteiger partial charge in [0.05, 0.1) is 16.7 Å². The van der Waals surface area contributed by atoms with Crippen molar-refractivity contribution in [1.29, 1.82) is 5.26 Å². The molecule has 3 rings (SSSR count). The lowest BCUT2D eigenvalue weighted by molar-refractivity contribution is 1.11. The molecule has 3 aromatic rings. The first-order valence-corrected chi connectivity index (χ1v) is 8.46. The van der Waals surface area contributed by atoms with Gasteiger partial charge < -0.3 is 4.98 Å². The standard InChI is InChI=1S/C17H10Cl2N2OS/c18-12-5-6-13-14(7-12)17(21-16(22)15(13)19)23-9-11-4-2-1-3-10(11)8-20/h1-7H,9H2,(H,21,22). The van der Waals surface area contributed by atoms with Crippen molar-refractivity contribution in [3.05, 3.63) is 74.0 Å². The number of hydrogen-bond acceptors (Lipinski definition) is 3. The predicted molar refractivity (Wildman–Crippen MR) is 95.3 cm³/mol. The molecule has 2 aromatic carbocycles.